The molecule has 9 heteroatoms. The highest BCUT2D eigenvalue weighted by atomic mass is 32.1. The predicted molar refractivity (Wildman–Crippen MR) is 137 cm³/mol. The smallest absolute Gasteiger partial charge is 0.254 e. The van der Waals surface area contributed by atoms with Gasteiger partial charge >= 0.3 is 0 Å². The van der Waals surface area contributed by atoms with Crippen LogP contribution in [-0.4, -0.2) is 55.7 Å². The summed E-state index contributed by atoms with van der Waals surface area (Å²) in [4.78, 5) is 31.2. The van der Waals surface area contributed by atoms with Crippen molar-refractivity contribution in [1.82, 2.24) is 9.80 Å². The minimum Gasteiger partial charge on any atom is -0.497 e. The van der Waals surface area contributed by atoms with Crippen LogP contribution in [0.4, 0.5) is 0 Å². The molecule has 4 rings (SSSR count). The van der Waals surface area contributed by atoms with Crippen molar-refractivity contribution < 1.29 is 28.5 Å². The van der Waals surface area contributed by atoms with E-state index in [2.05, 4.69) is 6.58 Å². The second kappa shape index (κ2) is 11.6. The van der Waals surface area contributed by atoms with Crippen LogP contribution in [0.1, 0.15) is 20.8 Å². The minimum absolute atomic E-state index is 0.111. The number of nitrogens with zero attached hydrogens (tertiary/aromatic N) is 2. The van der Waals surface area contributed by atoms with Crippen LogP contribution in [0, 0.1) is 0 Å². The number of ether oxygens (including phenoxy) is 4. The third-order valence-corrected chi connectivity index (χ3v) is 6.51. The highest BCUT2D eigenvalue weighted by Gasteiger charge is 2.24. The van der Waals surface area contributed by atoms with E-state index in [1.807, 2.05) is 35.7 Å². The van der Waals surface area contributed by atoms with Crippen LogP contribution < -0.4 is 18.9 Å². The van der Waals surface area contributed by atoms with E-state index in [4.69, 9.17) is 18.9 Å². The number of fused-ring (bicyclic) bond motifs is 1. The van der Waals surface area contributed by atoms with Crippen LogP contribution >= 0.6 is 11.3 Å². The van der Waals surface area contributed by atoms with Gasteiger partial charge in [-0.3, -0.25) is 9.59 Å². The zero-order valence-corrected chi connectivity index (χ0v) is 21.1. The molecule has 2 aromatic carbocycles. The number of rotatable bonds is 11. The predicted octanol–water partition coefficient (Wildman–Crippen LogP) is 4.35. The van der Waals surface area contributed by atoms with Gasteiger partial charge in [-0.25, -0.2) is 0 Å². The highest BCUT2D eigenvalue weighted by molar-refractivity contribution is 7.09. The molecule has 0 N–H and O–H groups in total. The van der Waals surface area contributed by atoms with Crippen molar-refractivity contribution in [3.63, 3.8) is 0 Å². The van der Waals surface area contributed by atoms with E-state index in [9.17, 15) is 9.59 Å². The number of carbonyl (C=O) groups is 2. The Morgan fingerprint density at radius 2 is 1.75 bits per heavy atom. The second-order valence-electron chi connectivity index (χ2n) is 8.09. The summed E-state index contributed by atoms with van der Waals surface area (Å²) < 4.78 is 21.5. The van der Waals surface area contributed by atoms with Crippen LogP contribution in [0.3, 0.4) is 0 Å². The number of hydrogen-bond acceptors (Lipinski definition) is 7. The average molecular weight is 509 g/mol. The zero-order chi connectivity index (χ0) is 25.5. The van der Waals surface area contributed by atoms with Gasteiger partial charge in [0, 0.05) is 29.6 Å². The standard InChI is InChI=1S/C27H28N2O6S/c1-4-9-28(27(31)20-12-21(32-2)14-22(13-20)33-3)17-26(30)29(16-23-6-5-10-36-23)15-19-7-8-24-25(11-19)35-18-34-24/h4-8,10-14H,1,9,15-18H2,2-3H3. The first-order chi connectivity index (χ1) is 17.5. The Balaban J connectivity index is 1.55. The molecule has 188 valence electrons. The quantitative estimate of drug-likeness (QED) is 0.359. The number of carbonyl (C=O) groups excluding carboxylic acids is 2. The summed E-state index contributed by atoms with van der Waals surface area (Å²) in [5.41, 5.74) is 1.27. The van der Waals surface area contributed by atoms with E-state index in [0.29, 0.717) is 41.7 Å². The topological polar surface area (TPSA) is 77.5 Å². The monoisotopic (exact) mass is 508 g/mol. The number of methoxy groups -OCH3 is 2. The number of thiophene rings is 1. The molecule has 0 aliphatic carbocycles. The lowest BCUT2D eigenvalue weighted by Gasteiger charge is -2.27. The first-order valence-corrected chi connectivity index (χ1v) is 12.2. The normalized spacial score (nSPS) is 11.6. The molecule has 1 aromatic heterocycles. The van der Waals surface area contributed by atoms with Crippen molar-refractivity contribution in [3.05, 3.63) is 82.6 Å². The summed E-state index contributed by atoms with van der Waals surface area (Å²) in [5, 5.41) is 1.97. The lowest BCUT2D eigenvalue weighted by atomic mass is 10.1. The van der Waals surface area contributed by atoms with Gasteiger partial charge in [0.1, 0.15) is 18.0 Å². The van der Waals surface area contributed by atoms with Crippen molar-refractivity contribution in [2.45, 2.75) is 13.1 Å². The molecule has 0 unspecified atom stereocenters. The van der Waals surface area contributed by atoms with Crippen LogP contribution in [0.2, 0.25) is 0 Å². The first kappa shape index (κ1) is 25.1. The lowest BCUT2D eigenvalue weighted by molar-refractivity contribution is -0.133. The van der Waals surface area contributed by atoms with Gasteiger partial charge in [0.2, 0.25) is 12.7 Å². The second-order valence-corrected chi connectivity index (χ2v) is 9.12. The van der Waals surface area contributed by atoms with Gasteiger partial charge in [0.05, 0.1) is 20.8 Å². The highest BCUT2D eigenvalue weighted by Crippen LogP contribution is 2.33. The Kier molecular flexibility index (Phi) is 8.12. The molecule has 0 atom stereocenters. The number of hydrogen-bond donors (Lipinski definition) is 0. The van der Waals surface area contributed by atoms with Gasteiger partial charge in [-0.1, -0.05) is 18.2 Å². The third kappa shape index (κ3) is 5.98. The van der Waals surface area contributed by atoms with E-state index >= 15 is 0 Å². The van der Waals surface area contributed by atoms with Crippen LogP contribution in [-0.2, 0) is 17.9 Å². The molecule has 1 aliphatic rings. The number of amides is 2. The molecular weight excluding hydrogens is 480 g/mol. The Labute approximate surface area is 214 Å². The Morgan fingerprint density at radius 1 is 1.00 bits per heavy atom. The van der Waals surface area contributed by atoms with Gasteiger partial charge in [0.25, 0.3) is 5.91 Å². The molecular formula is C27H28N2O6S. The van der Waals surface area contributed by atoms with Crippen molar-refractivity contribution >= 4 is 23.2 Å². The van der Waals surface area contributed by atoms with E-state index in [0.717, 1.165) is 10.4 Å². The van der Waals surface area contributed by atoms with Crippen LogP contribution in [0.25, 0.3) is 0 Å². The van der Waals surface area contributed by atoms with Crippen molar-refractivity contribution in [2.75, 3.05) is 34.1 Å². The maximum Gasteiger partial charge on any atom is 0.254 e. The molecule has 0 radical (unpaired) electrons. The fourth-order valence-electron chi connectivity index (χ4n) is 3.83. The maximum atomic E-state index is 13.6. The molecule has 0 saturated heterocycles. The summed E-state index contributed by atoms with van der Waals surface area (Å²) in [6.45, 7) is 4.83. The van der Waals surface area contributed by atoms with Crippen LogP contribution in [0.5, 0.6) is 23.0 Å². The van der Waals surface area contributed by atoms with Gasteiger partial charge < -0.3 is 28.7 Å². The minimum atomic E-state index is -0.320. The molecule has 8 nitrogen and oxygen atoms in total. The Morgan fingerprint density at radius 3 is 2.42 bits per heavy atom. The van der Waals surface area contributed by atoms with Gasteiger partial charge in [-0.2, -0.15) is 0 Å². The lowest BCUT2D eigenvalue weighted by Crippen LogP contribution is -2.42. The average Bonchev–Trinajstić information content (AvgIpc) is 3.59. The van der Waals surface area contributed by atoms with E-state index in [1.165, 1.54) is 19.1 Å². The molecule has 0 bridgehead atoms. The molecule has 1 aliphatic heterocycles. The molecule has 36 heavy (non-hydrogen) atoms. The molecule has 2 heterocycles. The van der Waals surface area contributed by atoms with Gasteiger partial charge in [-0.15, -0.1) is 17.9 Å². The Bertz CT molecular complexity index is 1200. The van der Waals surface area contributed by atoms with Crippen molar-refractivity contribution in [2.24, 2.45) is 0 Å². The first-order valence-electron chi connectivity index (χ1n) is 11.3. The van der Waals surface area contributed by atoms with Gasteiger partial charge in [-0.05, 0) is 41.3 Å². The van der Waals surface area contributed by atoms with E-state index in [1.54, 1.807) is 40.5 Å². The summed E-state index contributed by atoms with van der Waals surface area (Å²) in [7, 11) is 3.04. The summed E-state index contributed by atoms with van der Waals surface area (Å²) in [5.74, 6) is 1.82. The maximum absolute atomic E-state index is 13.6. The summed E-state index contributed by atoms with van der Waals surface area (Å²) >= 11 is 1.58. The SMILES string of the molecule is C=CCN(CC(=O)N(Cc1ccc2c(c1)OCO2)Cc1cccs1)C(=O)c1cc(OC)cc(OC)c1. The molecule has 0 spiro atoms. The van der Waals surface area contributed by atoms with Crippen molar-refractivity contribution in [3.8, 4) is 23.0 Å². The van der Waals surface area contributed by atoms with Crippen LogP contribution in [0.15, 0.2) is 66.6 Å². The third-order valence-electron chi connectivity index (χ3n) is 5.65. The van der Waals surface area contributed by atoms with E-state index < -0.39 is 0 Å². The number of benzene rings is 2. The molecule has 0 fully saturated rings. The fourth-order valence-corrected chi connectivity index (χ4v) is 4.55. The largest absolute Gasteiger partial charge is 0.497 e. The fraction of sp³-hybridized carbons (Fsp3) is 0.259. The van der Waals surface area contributed by atoms with Crippen molar-refractivity contribution in [1.29, 1.82) is 0 Å². The summed E-state index contributed by atoms with van der Waals surface area (Å²) in [6.07, 6.45) is 1.60. The summed E-state index contributed by atoms with van der Waals surface area (Å²) in [6, 6.07) is 14.5. The van der Waals surface area contributed by atoms with E-state index in [-0.39, 0.29) is 31.7 Å². The molecule has 0 saturated carbocycles. The molecule has 3 aromatic rings. The Hall–Kier alpha value is -3.98. The molecule has 2 amide bonds. The van der Waals surface area contributed by atoms with Gasteiger partial charge in [0.15, 0.2) is 11.5 Å². The zero-order valence-electron chi connectivity index (χ0n) is 20.3.